The van der Waals surface area contributed by atoms with Crippen molar-refractivity contribution < 1.29 is 4.84 Å². The molecule has 1 aliphatic rings. The minimum atomic E-state index is 0.247. The van der Waals surface area contributed by atoms with Gasteiger partial charge in [0.2, 0.25) is 0 Å². The van der Waals surface area contributed by atoms with Crippen molar-refractivity contribution in [2.24, 2.45) is 5.90 Å². The first-order valence-corrected chi connectivity index (χ1v) is 5.50. The van der Waals surface area contributed by atoms with Gasteiger partial charge in [0, 0.05) is 5.41 Å². The van der Waals surface area contributed by atoms with Crippen LogP contribution in [-0.2, 0) is 10.3 Å². The molecule has 1 heterocycles. The minimum Gasteiger partial charge on any atom is -0.304 e. The highest BCUT2D eigenvalue weighted by molar-refractivity contribution is 9.11. The van der Waals surface area contributed by atoms with Gasteiger partial charge in [-0.2, -0.15) is 0 Å². The van der Waals surface area contributed by atoms with E-state index in [1.54, 1.807) is 11.3 Å². The lowest BCUT2D eigenvalue weighted by Gasteiger charge is -2.10. The maximum absolute atomic E-state index is 5.09. The molecule has 0 amide bonds. The number of hydrogen-bond donors (Lipinski definition) is 1. The van der Waals surface area contributed by atoms with Crippen LogP contribution in [0.3, 0.4) is 0 Å². The monoisotopic (exact) mass is 247 g/mol. The molecule has 0 atom stereocenters. The van der Waals surface area contributed by atoms with Crippen molar-refractivity contribution in [2.75, 3.05) is 6.61 Å². The Hall–Kier alpha value is 0.100. The maximum atomic E-state index is 5.09. The molecule has 1 fully saturated rings. The highest BCUT2D eigenvalue weighted by Crippen LogP contribution is 2.49. The minimum absolute atomic E-state index is 0.247. The van der Waals surface area contributed by atoms with Crippen molar-refractivity contribution in [3.63, 3.8) is 0 Å². The summed E-state index contributed by atoms with van der Waals surface area (Å²) in [6.07, 6.45) is 2.40. The normalized spacial score (nSPS) is 19.5. The van der Waals surface area contributed by atoms with E-state index in [9.17, 15) is 0 Å². The molecular formula is C8H10BrNOS. The summed E-state index contributed by atoms with van der Waals surface area (Å²) in [6, 6.07) is 2.16. The van der Waals surface area contributed by atoms with Gasteiger partial charge >= 0.3 is 0 Å². The molecule has 1 saturated carbocycles. The third-order valence-electron chi connectivity index (χ3n) is 2.39. The predicted octanol–water partition coefficient (Wildman–Crippen LogP) is 2.43. The molecule has 1 aromatic heterocycles. The number of hydrogen-bond acceptors (Lipinski definition) is 3. The van der Waals surface area contributed by atoms with E-state index in [2.05, 4.69) is 27.4 Å². The zero-order valence-corrected chi connectivity index (χ0v) is 8.95. The average molecular weight is 248 g/mol. The molecule has 2 rings (SSSR count). The highest BCUT2D eigenvalue weighted by atomic mass is 79.9. The molecule has 12 heavy (non-hydrogen) atoms. The van der Waals surface area contributed by atoms with Crippen LogP contribution >= 0.6 is 27.3 Å². The van der Waals surface area contributed by atoms with Gasteiger partial charge in [-0.1, -0.05) is 0 Å². The molecule has 0 radical (unpaired) electrons. The van der Waals surface area contributed by atoms with E-state index in [0.717, 1.165) is 0 Å². The van der Waals surface area contributed by atoms with E-state index in [-0.39, 0.29) is 5.41 Å². The van der Waals surface area contributed by atoms with E-state index in [4.69, 9.17) is 10.7 Å². The fraction of sp³-hybridized carbons (Fsp3) is 0.500. The van der Waals surface area contributed by atoms with E-state index in [1.807, 2.05) is 0 Å². The summed E-state index contributed by atoms with van der Waals surface area (Å²) < 4.78 is 1.18. The number of nitrogens with two attached hydrogens (primary N) is 1. The second-order valence-electron chi connectivity index (χ2n) is 3.23. The van der Waals surface area contributed by atoms with Crippen LogP contribution in [0.4, 0.5) is 0 Å². The molecule has 2 N–H and O–H groups in total. The molecule has 0 unspecified atom stereocenters. The van der Waals surface area contributed by atoms with Gasteiger partial charge in [-0.05, 0) is 45.8 Å². The zero-order chi connectivity index (χ0) is 8.60. The summed E-state index contributed by atoms with van der Waals surface area (Å²) >= 11 is 5.17. The van der Waals surface area contributed by atoms with Crippen molar-refractivity contribution in [3.8, 4) is 0 Å². The topological polar surface area (TPSA) is 35.2 Å². The Labute approximate surface area is 83.8 Å². The Balaban J connectivity index is 2.18. The van der Waals surface area contributed by atoms with Crippen molar-refractivity contribution in [3.05, 3.63) is 20.8 Å². The van der Waals surface area contributed by atoms with Crippen LogP contribution in [0.5, 0.6) is 0 Å². The second kappa shape index (κ2) is 3.10. The second-order valence-corrected chi connectivity index (χ2v) is 5.52. The molecule has 66 valence electrons. The molecule has 0 bridgehead atoms. The van der Waals surface area contributed by atoms with Crippen molar-refractivity contribution in [2.45, 2.75) is 18.3 Å². The number of rotatable bonds is 3. The highest BCUT2D eigenvalue weighted by Gasteiger charge is 2.45. The van der Waals surface area contributed by atoms with E-state index in [1.165, 1.54) is 22.2 Å². The summed E-state index contributed by atoms with van der Waals surface area (Å²) in [5.74, 6) is 5.09. The Morgan fingerprint density at radius 1 is 1.67 bits per heavy atom. The summed E-state index contributed by atoms with van der Waals surface area (Å²) in [6.45, 7) is 0.649. The van der Waals surface area contributed by atoms with Crippen molar-refractivity contribution in [1.29, 1.82) is 0 Å². The lowest BCUT2D eigenvalue weighted by atomic mass is 10.0. The first-order valence-electron chi connectivity index (χ1n) is 3.83. The molecule has 0 saturated heterocycles. The molecular weight excluding hydrogens is 238 g/mol. The van der Waals surface area contributed by atoms with Gasteiger partial charge in [-0.25, -0.2) is 5.90 Å². The van der Waals surface area contributed by atoms with Crippen molar-refractivity contribution in [1.82, 2.24) is 0 Å². The van der Waals surface area contributed by atoms with Gasteiger partial charge in [0.1, 0.15) is 0 Å². The molecule has 0 aromatic carbocycles. The van der Waals surface area contributed by atoms with E-state index >= 15 is 0 Å². The first-order chi connectivity index (χ1) is 5.77. The molecule has 1 aromatic rings. The summed E-state index contributed by atoms with van der Waals surface area (Å²) in [5.41, 5.74) is 1.61. The van der Waals surface area contributed by atoms with Gasteiger partial charge in [0.25, 0.3) is 0 Å². The fourth-order valence-corrected chi connectivity index (χ4v) is 2.69. The first kappa shape index (κ1) is 8.69. The Bertz CT molecular complexity index is 282. The smallest absolute Gasteiger partial charge is 0.0776 e. The summed E-state index contributed by atoms with van der Waals surface area (Å²) in [4.78, 5) is 4.72. The van der Waals surface area contributed by atoms with E-state index in [0.29, 0.717) is 6.61 Å². The standard InChI is InChI=1S/C8H10BrNOS/c9-7-3-6(4-12-7)8(1-2-8)5-11-10/h3-4H,1-2,5,10H2. The Kier molecular flexibility index (Phi) is 2.25. The SMILES string of the molecule is NOCC1(c2csc(Br)c2)CC1. The van der Waals surface area contributed by atoms with Crippen LogP contribution in [0.2, 0.25) is 0 Å². The van der Waals surface area contributed by atoms with Crippen LogP contribution < -0.4 is 5.90 Å². The lowest BCUT2D eigenvalue weighted by Crippen LogP contribution is -2.17. The lowest BCUT2D eigenvalue weighted by molar-refractivity contribution is 0.116. The molecule has 0 aliphatic heterocycles. The van der Waals surface area contributed by atoms with Gasteiger partial charge in [-0.3, -0.25) is 0 Å². The predicted molar refractivity (Wildman–Crippen MR) is 53.1 cm³/mol. The van der Waals surface area contributed by atoms with Crippen LogP contribution in [0, 0.1) is 0 Å². The average Bonchev–Trinajstić information content (AvgIpc) is 2.69. The van der Waals surface area contributed by atoms with Crippen LogP contribution in [0.1, 0.15) is 18.4 Å². The van der Waals surface area contributed by atoms with Crippen molar-refractivity contribution >= 4 is 27.3 Å². The summed E-state index contributed by atoms with van der Waals surface area (Å²) in [5, 5.41) is 2.18. The quantitative estimate of drug-likeness (QED) is 0.834. The van der Waals surface area contributed by atoms with Crippen LogP contribution in [-0.4, -0.2) is 6.61 Å². The molecule has 4 heteroatoms. The van der Waals surface area contributed by atoms with Gasteiger partial charge in [0.15, 0.2) is 0 Å². The molecule has 0 spiro atoms. The third-order valence-corrected chi connectivity index (χ3v) is 3.90. The van der Waals surface area contributed by atoms with E-state index < -0.39 is 0 Å². The number of halogens is 1. The largest absolute Gasteiger partial charge is 0.304 e. The van der Waals surface area contributed by atoms with Gasteiger partial charge in [-0.15, -0.1) is 11.3 Å². The Morgan fingerprint density at radius 3 is 2.83 bits per heavy atom. The zero-order valence-electron chi connectivity index (χ0n) is 6.55. The van der Waals surface area contributed by atoms with Gasteiger partial charge < -0.3 is 4.84 Å². The molecule has 1 aliphatic carbocycles. The summed E-state index contributed by atoms with van der Waals surface area (Å²) in [7, 11) is 0. The van der Waals surface area contributed by atoms with Gasteiger partial charge in [0.05, 0.1) is 10.4 Å². The number of thiophene rings is 1. The third kappa shape index (κ3) is 1.44. The maximum Gasteiger partial charge on any atom is 0.0776 e. The Morgan fingerprint density at radius 2 is 2.42 bits per heavy atom. The fourth-order valence-electron chi connectivity index (χ4n) is 1.41. The molecule has 2 nitrogen and oxygen atoms in total. The van der Waals surface area contributed by atoms with Crippen LogP contribution in [0.25, 0.3) is 0 Å². The van der Waals surface area contributed by atoms with Crippen LogP contribution in [0.15, 0.2) is 15.2 Å².